The highest BCUT2D eigenvalue weighted by Crippen LogP contribution is 2.52. The number of rotatable bonds is 6. The van der Waals surface area contributed by atoms with Crippen LogP contribution in [0.5, 0.6) is 5.75 Å². The third-order valence-corrected chi connectivity index (χ3v) is 6.89. The second-order valence-corrected chi connectivity index (χ2v) is 8.32. The predicted octanol–water partition coefficient (Wildman–Crippen LogP) is 4.30. The second-order valence-electron chi connectivity index (χ2n) is 8.32. The minimum absolute atomic E-state index is 0.0660. The smallest absolute Gasteiger partial charge is 0.115 e. The van der Waals surface area contributed by atoms with Gasteiger partial charge in [-0.1, -0.05) is 61.0 Å². The van der Waals surface area contributed by atoms with Gasteiger partial charge in [0, 0.05) is 23.9 Å². The number of aromatic hydroxyl groups is 1. The molecule has 3 atom stereocenters. The van der Waals surface area contributed by atoms with E-state index in [1.54, 1.807) is 6.07 Å². The Bertz CT molecular complexity index is 803. The Morgan fingerprint density at radius 1 is 1.07 bits per heavy atom. The van der Waals surface area contributed by atoms with Crippen molar-refractivity contribution in [3.8, 4) is 5.75 Å². The van der Waals surface area contributed by atoms with Gasteiger partial charge in [-0.25, -0.2) is 0 Å². The summed E-state index contributed by atoms with van der Waals surface area (Å²) in [5.74, 6) is 0.727. The highest BCUT2D eigenvalue weighted by molar-refractivity contribution is 5.37. The quantitative estimate of drug-likeness (QED) is 0.738. The van der Waals surface area contributed by atoms with E-state index in [1.807, 2.05) is 18.2 Å². The minimum Gasteiger partial charge on any atom is -0.508 e. The molecular formula is C25H31NO2. The van der Waals surface area contributed by atoms with Crippen LogP contribution in [0.4, 0.5) is 0 Å². The molecule has 3 unspecified atom stereocenters. The van der Waals surface area contributed by atoms with Gasteiger partial charge in [0.05, 0.1) is 6.61 Å². The first-order chi connectivity index (χ1) is 13.7. The molecule has 2 aromatic rings. The summed E-state index contributed by atoms with van der Waals surface area (Å²) < 4.78 is 0. The molecule has 1 aliphatic carbocycles. The molecule has 1 saturated carbocycles. The lowest BCUT2D eigenvalue weighted by Gasteiger charge is -2.56. The van der Waals surface area contributed by atoms with E-state index in [2.05, 4.69) is 47.4 Å². The van der Waals surface area contributed by atoms with Crippen molar-refractivity contribution in [2.24, 2.45) is 5.92 Å². The summed E-state index contributed by atoms with van der Waals surface area (Å²) in [6.45, 7) is 2.26. The molecule has 28 heavy (non-hydrogen) atoms. The molecule has 148 valence electrons. The molecule has 0 amide bonds. The lowest BCUT2D eigenvalue weighted by Crippen LogP contribution is -2.58. The molecule has 0 aromatic heterocycles. The maximum Gasteiger partial charge on any atom is 0.115 e. The van der Waals surface area contributed by atoms with Crippen molar-refractivity contribution in [2.75, 3.05) is 19.7 Å². The fourth-order valence-corrected chi connectivity index (χ4v) is 5.56. The van der Waals surface area contributed by atoms with Gasteiger partial charge in [-0.05, 0) is 55.5 Å². The van der Waals surface area contributed by atoms with Gasteiger partial charge in [0.1, 0.15) is 5.75 Å². The van der Waals surface area contributed by atoms with Gasteiger partial charge < -0.3 is 10.2 Å². The molecule has 2 N–H and O–H groups in total. The molecule has 1 saturated heterocycles. The number of phenols is 1. The molecule has 1 heterocycles. The average Bonchev–Trinajstić information content (AvgIpc) is 2.72. The molecule has 2 bridgehead atoms. The van der Waals surface area contributed by atoms with Gasteiger partial charge in [-0.15, -0.1) is 0 Å². The van der Waals surface area contributed by atoms with Gasteiger partial charge in [-0.3, -0.25) is 4.90 Å². The number of nitrogens with zero attached hydrogens (tertiary/aromatic N) is 1. The van der Waals surface area contributed by atoms with E-state index in [9.17, 15) is 10.2 Å². The highest BCUT2D eigenvalue weighted by Gasteiger charge is 2.50. The summed E-state index contributed by atoms with van der Waals surface area (Å²) in [6, 6.07) is 19.1. The molecule has 2 fully saturated rings. The average molecular weight is 378 g/mol. The molecule has 1 aliphatic heterocycles. The molecule has 2 aliphatic rings. The van der Waals surface area contributed by atoms with E-state index < -0.39 is 0 Å². The van der Waals surface area contributed by atoms with Crippen LogP contribution in [0.25, 0.3) is 0 Å². The zero-order valence-electron chi connectivity index (χ0n) is 16.5. The van der Waals surface area contributed by atoms with Gasteiger partial charge >= 0.3 is 0 Å². The third kappa shape index (κ3) is 3.74. The van der Waals surface area contributed by atoms with Gasteiger partial charge in [0.25, 0.3) is 0 Å². The largest absolute Gasteiger partial charge is 0.508 e. The van der Waals surface area contributed by atoms with Crippen LogP contribution < -0.4 is 0 Å². The first-order valence-electron chi connectivity index (χ1n) is 10.6. The number of hydrogen-bond donors (Lipinski definition) is 2. The number of fused-ring (bicyclic) bond motifs is 2. The maximum absolute atomic E-state index is 10.1. The topological polar surface area (TPSA) is 43.7 Å². The number of piperidine rings is 1. The number of aliphatic hydroxyl groups is 1. The van der Waals surface area contributed by atoms with Gasteiger partial charge in [-0.2, -0.15) is 0 Å². The standard InChI is InChI=1S/C25H31NO2/c27-18-6-11-23-24-12-5-14-25(23,21-9-4-10-22(28)19-21)15-17-26(24)16-13-20-7-2-1-3-8-20/h1-4,6-11,19,23-24,27-28H,5,12-18H2. The van der Waals surface area contributed by atoms with Crippen LogP contribution in [-0.4, -0.2) is 40.9 Å². The second kappa shape index (κ2) is 8.50. The maximum atomic E-state index is 10.1. The van der Waals surface area contributed by atoms with Crippen molar-refractivity contribution in [3.05, 3.63) is 77.9 Å². The van der Waals surface area contributed by atoms with Crippen molar-refractivity contribution in [3.63, 3.8) is 0 Å². The Morgan fingerprint density at radius 2 is 1.93 bits per heavy atom. The minimum atomic E-state index is 0.0660. The van der Waals surface area contributed by atoms with Crippen LogP contribution in [0.1, 0.15) is 36.8 Å². The lowest BCUT2D eigenvalue weighted by molar-refractivity contribution is 0.0112. The first kappa shape index (κ1) is 19.2. The van der Waals surface area contributed by atoms with Crippen molar-refractivity contribution in [1.82, 2.24) is 4.90 Å². The summed E-state index contributed by atoms with van der Waals surface area (Å²) in [5, 5.41) is 19.5. The van der Waals surface area contributed by atoms with Crippen molar-refractivity contribution in [1.29, 1.82) is 0 Å². The number of hydrogen-bond acceptors (Lipinski definition) is 3. The van der Waals surface area contributed by atoms with Crippen molar-refractivity contribution < 1.29 is 10.2 Å². The fourth-order valence-electron chi connectivity index (χ4n) is 5.56. The van der Waals surface area contributed by atoms with Gasteiger partial charge in [0.15, 0.2) is 0 Å². The number of phenolic OH excluding ortho intramolecular Hbond substituents is 1. The van der Waals surface area contributed by atoms with Crippen molar-refractivity contribution >= 4 is 0 Å². The van der Waals surface area contributed by atoms with E-state index in [0.29, 0.717) is 17.7 Å². The molecule has 3 heteroatoms. The van der Waals surface area contributed by atoms with E-state index in [4.69, 9.17) is 0 Å². The molecule has 0 radical (unpaired) electrons. The molecule has 0 spiro atoms. The molecule has 4 rings (SSSR count). The summed E-state index contributed by atoms with van der Waals surface area (Å²) in [6.07, 6.45) is 9.92. The zero-order valence-corrected chi connectivity index (χ0v) is 16.5. The normalized spacial score (nSPS) is 27.9. The number of benzene rings is 2. The molecular weight excluding hydrogens is 346 g/mol. The summed E-state index contributed by atoms with van der Waals surface area (Å²) >= 11 is 0. The van der Waals surface area contributed by atoms with Crippen LogP contribution in [0.2, 0.25) is 0 Å². The lowest BCUT2D eigenvalue weighted by atomic mass is 9.56. The van der Waals surface area contributed by atoms with Crippen molar-refractivity contribution in [2.45, 2.75) is 43.6 Å². The monoisotopic (exact) mass is 377 g/mol. The van der Waals surface area contributed by atoms with Crippen LogP contribution in [0.15, 0.2) is 66.7 Å². The Hall–Kier alpha value is -2.10. The van der Waals surface area contributed by atoms with Crippen LogP contribution in [0, 0.1) is 5.92 Å². The predicted molar refractivity (Wildman–Crippen MR) is 113 cm³/mol. The fraction of sp³-hybridized carbons (Fsp3) is 0.440. The Labute approximate surface area is 168 Å². The summed E-state index contributed by atoms with van der Waals surface area (Å²) in [7, 11) is 0. The van der Waals surface area contributed by atoms with E-state index in [1.165, 1.54) is 24.0 Å². The SMILES string of the molecule is OCC=CC1C2CCCC1(c1cccc(O)c1)CCN2CCc1ccccc1. The van der Waals surface area contributed by atoms with Crippen LogP contribution in [-0.2, 0) is 11.8 Å². The number of likely N-dealkylation sites (tertiary alicyclic amines) is 1. The van der Waals surface area contributed by atoms with Gasteiger partial charge in [0.2, 0.25) is 0 Å². The van der Waals surface area contributed by atoms with E-state index in [0.717, 1.165) is 32.4 Å². The number of aliphatic hydroxyl groups excluding tert-OH is 1. The Kier molecular flexibility index (Phi) is 5.84. The molecule has 3 nitrogen and oxygen atoms in total. The zero-order chi connectivity index (χ0) is 19.4. The third-order valence-electron chi connectivity index (χ3n) is 6.89. The Balaban J connectivity index is 1.60. The van der Waals surface area contributed by atoms with E-state index >= 15 is 0 Å². The first-order valence-corrected chi connectivity index (χ1v) is 10.6. The summed E-state index contributed by atoms with van der Waals surface area (Å²) in [5.41, 5.74) is 2.72. The van der Waals surface area contributed by atoms with Crippen LogP contribution in [0.3, 0.4) is 0 Å². The summed E-state index contributed by atoms with van der Waals surface area (Å²) in [4.78, 5) is 2.67. The molecule has 2 aromatic carbocycles. The Morgan fingerprint density at radius 3 is 2.71 bits per heavy atom. The van der Waals surface area contributed by atoms with E-state index in [-0.39, 0.29) is 12.0 Å². The van der Waals surface area contributed by atoms with Crippen LogP contribution >= 0.6 is 0 Å². The highest BCUT2D eigenvalue weighted by atomic mass is 16.3.